The van der Waals surface area contributed by atoms with Crippen LogP contribution < -0.4 is 5.32 Å². The van der Waals surface area contributed by atoms with Crippen LogP contribution in [0.5, 0.6) is 0 Å². The molecule has 0 radical (unpaired) electrons. The summed E-state index contributed by atoms with van der Waals surface area (Å²) in [7, 11) is 1.74. The summed E-state index contributed by atoms with van der Waals surface area (Å²) in [5.41, 5.74) is 0. The smallest absolute Gasteiger partial charge is 0.117 e. The predicted octanol–water partition coefficient (Wildman–Crippen LogP) is 1.73. The van der Waals surface area contributed by atoms with Crippen LogP contribution in [0, 0.1) is 0 Å². The van der Waals surface area contributed by atoms with Gasteiger partial charge in [-0.15, -0.1) is 0 Å². The molecule has 0 fully saturated rings. The third-order valence-electron chi connectivity index (χ3n) is 2.93. The monoisotopic (exact) mass is 240 g/mol. The van der Waals surface area contributed by atoms with Crippen LogP contribution in [0.4, 0.5) is 0 Å². The van der Waals surface area contributed by atoms with E-state index < -0.39 is 0 Å². The summed E-state index contributed by atoms with van der Waals surface area (Å²) < 4.78 is 10.4. The van der Waals surface area contributed by atoms with Gasteiger partial charge >= 0.3 is 0 Å². The van der Waals surface area contributed by atoms with E-state index >= 15 is 0 Å². The van der Waals surface area contributed by atoms with E-state index in [1.54, 1.807) is 13.4 Å². The maximum atomic E-state index is 5.27. The first-order chi connectivity index (χ1) is 8.27. The van der Waals surface area contributed by atoms with E-state index in [0.717, 1.165) is 38.5 Å². The summed E-state index contributed by atoms with van der Waals surface area (Å²) >= 11 is 0. The second-order valence-corrected chi connectivity index (χ2v) is 4.18. The Morgan fingerprint density at radius 2 is 2.35 bits per heavy atom. The Hall–Kier alpha value is -0.840. The molecule has 4 nitrogen and oxygen atoms in total. The van der Waals surface area contributed by atoms with Crippen molar-refractivity contribution in [2.75, 3.05) is 33.4 Å². The molecule has 98 valence electrons. The number of hydrogen-bond donors (Lipinski definition) is 1. The number of furan rings is 1. The second kappa shape index (κ2) is 8.28. The molecule has 1 unspecified atom stereocenters. The molecule has 0 saturated heterocycles. The van der Waals surface area contributed by atoms with Crippen molar-refractivity contribution < 1.29 is 9.15 Å². The zero-order chi connectivity index (χ0) is 12.5. The molecule has 1 atom stereocenters. The quantitative estimate of drug-likeness (QED) is 0.713. The number of hydrogen-bond acceptors (Lipinski definition) is 4. The van der Waals surface area contributed by atoms with Gasteiger partial charge in [-0.3, -0.25) is 4.90 Å². The zero-order valence-electron chi connectivity index (χ0n) is 11.1. The lowest BCUT2D eigenvalue weighted by atomic mass is 10.2. The Labute approximate surface area is 104 Å². The van der Waals surface area contributed by atoms with Gasteiger partial charge in [-0.25, -0.2) is 0 Å². The van der Waals surface area contributed by atoms with Gasteiger partial charge in [0.15, 0.2) is 0 Å². The average molecular weight is 240 g/mol. The normalized spacial score (nSPS) is 13.2. The molecular weight excluding hydrogens is 216 g/mol. The van der Waals surface area contributed by atoms with Gasteiger partial charge in [0.1, 0.15) is 5.76 Å². The fourth-order valence-electron chi connectivity index (χ4n) is 1.85. The highest BCUT2D eigenvalue weighted by molar-refractivity contribution is 4.97. The molecule has 1 N–H and O–H groups in total. The van der Waals surface area contributed by atoms with E-state index in [0.29, 0.717) is 6.04 Å². The minimum atomic E-state index is 0.505. The van der Waals surface area contributed by atoms with Crippen LogP contribution in [0.3, 0.4) is 0 Å². The third kappa shape index (κ3) is 5.35. The molecule has 0 aromatic carbocycles. The number of ether oxygens (including phenoxy) is 1. The maximum Gasteiger partial charge on any atom is 0.117 e. The fraction of sp³-hybridized carbons (Fsp3) is 0.692. The fourth-order valence-corrected chi connectivity index (χ4v) is 1.85. The van der Waals surface area contributed by atoms with Crippen molar-refractivity contribution in [2.24, 2.45) is 0 Å². The molecule has 0 aliphatic rings. The SMILES string of the molecule is CCN(CCOC)C(C)CNCc1ccco1. The van der Waals surface area contributed by atoms with E-state index in [-0.39, 0.29) is 0 Å². The predicted molar refractivity (Wildman–Crippen MR) is 69.0 cm³/mol. The highest BCUT2D eigenvalue weighted by atomic mass is 16.5. The van der Waals surface area contributed by atoms with Crippen LogP contribution in [0.25, 0.3) is 0 Å². The molecular formula is C13H24N2O2. The number of nitrogens with zero attached hydrogens (tertiary/aromatic N) is 1. The largest absolute Gasteiger partial charge is 0.468 e. The molecule has 0 spiro atoms. The van der Waals surface area contributed by atoms with Gasteiger partial charge in [0.2, 0.25) is 0 Å². The second-order valence-electron chi connectivity index (χ2n) is 4.18. The van der Waals surface area contributed by atoms with Gasteiger partial charge in [0.25, 0.3) is 0 Å². The topological polar surface area (TPSA) is 37.6 Å². The lowest BCUT2D eigenvalue weighted by Crippen LogP contribution is -2.41. The number of nitrogens with one attached hydrogen (secondary N) is 1. The molecule has 0 saturated carbocycles. The van der Waals surface area contributed by atoms with Crippen molar-refractivity contribution in [1.82, 2.24) is 10.2 Å². The number of methoxy groups -OCH3 is 1. The van der Waals surface area contributed by atoms with Crippen LogP contribution in [-0.2, 0) is 11.3 Å². The molecule has 0 bridgehead atoms. The molecule has 17 heavy (non-hydrogen) atoms. The first-order valence-corrected chi connectivity index (χ1v) is 6.24. The molecule has 0 aliphatic heterocycles. The van der Waals surface area contributed by atoms with Crippen LogP contribution in [0.15, 0.2) is 22.8 Å². The van der Waals surface area contributed by atoms with Crippen molar-refractivity contribution in [1.29, 1.82) is 0 Å². The Morgan fingerprint density at radius 3 is 2.94 bits per heavy atom. The standard InChI is InChI=1S/C13H24N2O2/c1-4-15(7-9-16-3)12(2)10-14-11-13-6-5-8-17-13/h5-6,8,12,14H,4,7,9-11H2,1-3H3. The van der Waals surface area contributed by atoms with Crippen molar-refractivity contribution in [3.05, 3.63) is 24.2 Å². The van der Waals surface area contributed by atoms with Crippen LogP contribution >= 0.6 is 0 Å². The molecule has 1 aromatic heterocycles. The Bertz CT molecular complexity index is 275. The Morgan fingerprint density at radius 1 is 1.53 bits per heavy atom. The van der Waals surface area contributed by atoms with E-state index in [1.165, 1.54) is 0 Å². The molecule has 0 aliphatic carbocycles. The highest BCUT2D eigenvalue weighted by Crippen LogP contribution is 2.01. The van der Waals surface area contributed by atoms with Crippen molar-refractivity contribution in [3.63, 3.8) is 0 Å². The van der Waals surface area contributed by atoms with Crippen LogP contribution in [0.2, 0.25) is 0 Å². The van der Waals surface area contributed by atoms with Gasteiger partial charge in [-0.2, -0.15) is 0 Å². The molecule has 0 amide bonds. The van der Waals surface area contributed by atoms with Gasteiger partial charge < -0.3 is 14.5 Å². The van der Waals surface area contributed by atoms with Gasteiger partial charge in [-0.05, 0) is 25.6 Å². The Kier molecular flexibility index (Phi) is 6.93. The summed E-state index contributed by atoms with van der Waals surface area (Å²) in [6.45, 7) is 8.98. The summed E-state index contributed by atoms with van der Waals surface area (Å²) in [5, 5.41) is 3.40. The first-order valence-electron chi connectivity index (χ1n) is 6.24. The maximum absolute atomic E-state index is 5.27. The third-order valence-corrected chi connectivity index (χ3v) is 2.93. The minimum Gasteiger partial charge on any atom is -0.468 e. The summed E-state index contributed by atoms with van der Waals surface area (Å²) in [6, 6.07) is 4.41. The minimum absolute atomic E-state index is 0.505. The lowest BCUT2D eigenvalue weighted by Gasteiger charge is -2.27. The first kappa shape index (κ1) is 14.2. The lowest BCUT2D eigenvalue weighted by molar-refractivity contribution is 0.127. The number of rotatable bonds is 9. The number of likely N-dealkylation sites (N-methyl/N-ethyl adjacent to an activating group) is 1. The van der Waals surface area contributed by atoms with Gasteiger partial charge in [0.05, 0.1) is 19.4 Å². The van der Waals surface area contributed by atoms with E-state index in [2.05, 4.69) is 24.1 Å². The molecule has 1 aromatic rings. The highest BCUT2D eigenvalue weighted by Gasteiger charge is 2.11. The summed E-state index contributed by atoms with van der Waals surface area (Å²) in [5.74, 6) is 0.983. The van der Waals surface area contributed by atoms with Crippen molar-refractivity contribution >= 4 is 0 Å². The molecule has 1 heterocycles. The van der Waals surface area contributed by atoms with Crippen molar-refractivity contribution in [3.8, 4) is 0 Å². The van der Waals surface area contributed by atoms with Crippen LogP contribution in [-0.4, -0.2) is 44.3 Å². The Balaban J connectivity index is 2.19. The van der Waals surface area contributed by atoms with E-state index in [9.17, 15) is 0 Å². The van der Waals surface area contributed by atoms with Gasteiger partial charge in [-0.1, -0.05) is 6.92 Å². The van der Waals surface area contributed by atoms with Crippen molar-refractivity contribution in [2.45, 2.75) is 26.4 Å². The summed E-state index contributed by atoms with van der Waals surface area (Å²) in [6.07, 6.45) is 1.71. The summed E-state index contributed by atoms with van der Waals surface area (Å²) in [4.78, 5) is 2.40. The van der Waals surface area contributed by atoms with Crippen LogP contribution in [0.1, 0.15) is 19.6 Å². The average Bonchev–Trinajstić information content (AvgIpc) is 2.83. The molecule has 4 heteroatoms. The molecule has 1 rings (SSSR count). The zero-order valence-corrected chi connectivity index (χ0v) is 11.1. The van der Waals surface area contributed by atoms with E-state index in [1.807, 2.05) is 12.1 Å². The van der Waals surface area contributed by atoms with Gasteiger partial charge in [0, 0.05) is 26.2 Å². The van der Waals surface area contributed by atoms with E-state index in [4.69, 9.17) is 9.15 Å².